The lowest BCUT2D eigenvalue weighted by atomic mass is 9.96. The number of nitrogens with zero attached hydrogens (tertiary/aromatic N) is 1. The van der Waals surface area contributed by atoms with Gasteiger partial charge in [0.25, 0.3) is 0 Å². The summed E-state index contributed by atoms with van der Waals surface area (Å²) in [5.41, 5.74) is 2.67. The number of fused-ring (bicyclic) bond motifs is 2. The Bertz CT molecular complexity index is 447. The third-order valence-electron chi connectivity index (χ3n) is 3.87. The van der Waals surface area contributed by atoms with Crippen LogP contribution in [0.15, 0.2) is 21.1 Å². The van der Waals surface area contributed by atoms with E-state index in [-0.39, 0.29) is 0 Å². The molecule has 1 N–H and O–H groups in total. The number of anilines is 1. The number of piperidine rings is 1. The molecule has 0 aliphatic carbocycles. The fourth-order valence-electron chi connectivity index (χ4n) is 2.94. The molecule has 0 amide bonds. The largest absolute Gasteiger partial charge is 0.368 e. The lowest BCUT2D eigenvalue weighted by Gasteiger charge is -2.45. The summed E-state index contributed by atoms with van der Waals surface area (Å²) in [7, 11) is 0. The van der Waals surface area contributed by atoms with Crippen molar-refractivity contribution in [3.05, 3.63) is 26.6 Å². The summed E-state index contributed by atoms with van der Waals surface area (Å²) in [6, 6.07) is 5.03. The third-order valence-corrected chi connectivity index (χ3v) is 4.95. The van der Waals surface area contributed by atoms with Gasteiger partial charge in [-0.2, -0.15) is 0 Å². The maximum absolute atomic E-state index is 3.68. The molecule has 0 aromatic heterocycles. The van der Waals surface area contributed by atoms with Crippen molar-refractivity contribution in [2.45, 2.75) is 44.9 Å². The molecule has 92 valence electrons. The van der Waals surface area contributed by atoms with Gasteiger partial charge in [0.1, 0.15) is 0 Å². The highest BCUT2D eigenvalue weighted by Gasteiger charge is 2.32. The minimum atomic E-state index is 0.517. The first kappa shape index (κ1) is 12.0. The van der Waals surface area contributed by atoms with Gasteiger partial charge in [0.2, 0.25) is 0 Å². The molecule has 1 aromatic rings. The van der Waals surface area contributed by atoms with E-state index in [4.69, 9.17) is 0 Å². The van der Waals surface area contributed by atoms with E-state index in [0.29, 0.717) is 12.2 Å². The van der Waals surface area contributed by atoms with Crippen LogP contribution in [0, 0.1) is 0 Å². The van der Waals surface area contributed by atoms with Crippen LogP contribution < -0.4 is 5.32 Å². The number of halogens is 2. The first-order valence-electron chi connectivity index (χ1n) is 6.15. The molecule has 2 unspecified atom stereocenters. The summed E-state index contributed by atoms with van der Waals surface area (Å²) < 4.78 is 2.31. The summed E-state index contributed by atoms with van der Waals surface area (Å²) in [6.45, 7) is 3.40. The second kappa shape index (κ2) is 4.56. The first-order valence-corrected chi connectivity index (χ1v) is 7.74. The molecule has 4 heteroatoms. The normalized spacial score (nSPS) is 28.2. The van der Waals surface area contributed by atoms with Gasteiger partial charge < -0.3 is 5.32 Å². The van der Waals surface area contributed by atoms with E-state index < -0.39 is 0 Å². The van der Waals surface area contributed by atoms with Crippen molar-refractivity contribution in [3.63, 3.8) is 0 Å². The molecule has 0 saturated carbocycles. The quantitative estimate of drug-likeness (QED) is 0.741. The summed E-state index contributed by atoms with van der Waals surface area (Å²) in [4.78, 5) is 2.59. The highest BCUT2D eigenvalue weighted by Crippen LogP contribution is 2.38. The zero-order valence-electron chi connectivity index (χ0n) is 9.84. The Morgan fingerprint density at radius 1 is 1.29 bits per heavy atom. The van der Waals surface area contributed by atoms with Crippen LogP contribution in [0.3, 0.4) is 0 Å². The van der Waals surface area contributed by atoms with Crippen molar-refractivity contribution >= 4 is 37.5 Å². The van der Waals surface area contributed by atoms with Crippen molar-refractivity contribution in [2.24, 2.45) is 0 Å². The maximum atomic E-state index is 3.68. The Hall–Kier alpha value is -0.0600. The van der Waals surface area contributed by atoms with Gasteiger partial charge in [-0.1, -0.05) is 15.9 Å². The molecule has 0 radical (unpaired) electrons. The van der Waals surface area contributed by atoms with Crippen LogP contribution in [0.5, 0.6) is 0 Å². The Labute approximate surface area is 119 Å². The van der Waals surface area contributed by atoms with E-state index >= 15 is 0 Å². The molecule has 0 spiro atoms. The van der Waals surface area contributed by atoms with Crippen LogP contribution in [-0.2, 0) is 6.54 Å². The van der Waals surface area contributed by atoms with E-state index in [9.17, 15) is 0 Å². The van der Waals surface area contributed by atoms with E-state index in [1.807, 2.05) is 0 Å². The highest BCUT2D eigenvalue weighted by atomic mass is 79.9. The molecule has 2 nitrogen and oxygen atoms in total. The number of benzene rings is 1. The Kier molecular flexibility index (Phi) is 3.22. The standard InChI is InChI=1S/C13H16Br2N2/c1-8-3-2-4-12-16-13-9(7-17(8)12)5-10(14)6-11(13)15/h5-6,8,12,16H,2-4,7H2,1H3. The number of nitrogens with one attached hydrogen (secondary N) is 1. The highest BCUT2D eigenvalue weighted by molar-refractivity contribution is 9.11. The van der Waals surface area contributed by atoms with E-state index in [1.165, 1.54) is 35.0 Å². The third kappa shape index (κ3) is 2.15. The Balaban J connectivity index is 1.98. The van der Waals surface area contributed by atoms with Gasteiger partial charge in [0.15, 0.2) is 0 Å². The van der Waals surface area contributed by atoms with Crippen LogP contribution in [0.4, 0.5) is 5.69 Å². The van der Waals surface area contributed by atoms with E-state index in [1.54, 1.807) is 0 Å². The average Bonchev–Trinajstić information content (AvgIpc) is 2.28. The van der Waals surface area contributed by atoms with Gasteiger partial charge in [-0.25, -0.2) is 0 Å². The van der Waals surface area contributed by atoms with Crippen molar-refractivity contribution in [1.82, 2.24) is 4.90 Å². The van der Waals surface area contributed by atoms with Gasteiger partial charge in [0, 0.05) is 21.5 Å². The molecule has 2 atom stereocenters. The van der Waals surface area contributed by atoms with Crippen molar-refractivity contribution in [2.75, 3.05) is 5.32 Å². The predicted molar refractivity (Wildman–Crippen MR) is 78.1 cm³/mol. The summed E-state index contributed by atoms with van der Waals surface area (Å²) in [5.74, 6) is 0. The number of hydrogen-bond donors (Lipinski definition) is 1. The van der Waals surface area contributed by atoms with Crippen LogP contribution in [0.25, 0.3) is 0 Å². The molecule has 2 aliphatic heterocycles. The summed E-state index contributed by atoms with van der Waals surface area (Å²) >= 11 is 7.22. The summed E-state index contributed by atoms with van der Waals surface area (Å²) in [6.07, 6.45) is 4.43. The van der Waals surface area contributed by atoms with E-state index in [2.05, 4.69) is 61.1 Å². The van der Waals surface area contributed by atoms with E-state index in [0.717, 1.165) is 11.0 Å². The molecule has 1 aromatic carbocycles. The molecular formula is C13H16Br2N2. The number of rotatable bonds is 0. The lowest BCUT2D eigenvalue weighted by molar-refractivity contribution is 0.0940. The Morgan fingerprint density at radius 2 is 2.12 bits per heavy atom. The maximum Gasteiger partial charge on any atom is 0.0798 e. The fourth-order valence-corrected chi connectivity index (χ4v) is 4.37. The smallest absolute Gasteiger partial charge is 0.0798 e. The zero-order valence-corrected chi connectivity index (χ0v) is 13.0. The van der Waals surface area contributed by atoms with Crippen LogP contribution in [0.1, 0.15) is 31.7 Å². The van der Waals surface area contributed by atoms with Crippen LogP contribution in [0.2, 0.25) is 0 Å². The summed E-state index contributed by atoms with van der Waals surface area (Å²) in [5, 5.41) is 3.68. The molecule has 1 fully saturated rings. The van der Waals surface area contributed by atoms with Gasteiger partial charge in [-0.05, 0) is 59.8 Å². The van der Waals surface area contributed by atoms with Crippen molar-refractivity contribution < 1.29 is 0 Å². The second-order valence-electron chi connectivity index (χ2n) is 5.03. The SMILES string of the molecule is CC1CCCC2Nc3c(Br)cc(Br)cc3CN12. The molecule has 0 bridgehead atoms. The minimum Gasteiger partial charge on any atom is -0.368 e. The Morgan fingerprint density at radius 3 is 2.94 bits per heavy atom. The second-order valence-corrected chi connectivity index (χ2v) is 6.80. The number of hydrogen-bond acceptors (Lipinski definition) is 2. The van der Waals surface area contributed by atoms with Gasteiger partial charge in [-0.15, -0.1) is 0 Å². The lowest BCUT2D eigenvalue weighted by Crippen LogP contribution is -2.51. The van der Waals surface area contributed by atoms with Crippen LogP contribution >= 0.6 is 31.9 Å². The minimum absolute atomic E-state index is 0.517. The van der Waals surface area contributed by atoms with Crippen LogP contribution in [-0.4, -0.2) is 17.1 Å². The molecule has 17 heavy (non-hydrogen) atoms. The predicted octanol–water partition coefficient (Wildman–Crippen LogP) is 4.34. The van der Waals surface area contributed by atoms with Crippen molar-refractivity contribution in [3.8, 4) is 0 Å². The topological polar surface area (TPSA) is 15.3 Å². The molecule has 2 heterocycles. The van der Waals surface area contributed by atoms with Crippen molar-refractivity contribution in [1.29, 1.82) is 0 Å². The molecule has 3 rings (SSSR count). The van der Waals surface area contributed by atoms with Gasteiger partial charge in [0.05, 0.1) is 11.9 Å². The molecular weight excluding hydrogens is 344 g/mol. The fraction of sp³-hybridized carbons (Fsp3) is 0.538. The molecule has 2 aliphatic rings. The monoisotopic (exact) mass is 358 g/mol. The zero-order chi connectivity index (χ0) is 12.0. The first-order chi connectivity index (χ1) is 8.15. The molecule has 1 saturated heterocycles. The van der Waals surface area contributed by atoms with Gasteiger partial charge >= 0.3 is 0 Å². The average molecular weight is 360 g/mol. The van der Waals surface area contributed by atoms with Gasteiger partial charge in [-0.3, -0.25) is 4.90 Å².